The molecule has 0 unspecified atom stereocenters. The third-order valence-corrected chi connectivity index (χ3v) is 7.67. The zero-order valence-electron chi connectivity index (χ0n) is 16.2. The van der Waals surface area contributed by atoms with Crippen molar-refractivity contribution in [3.05, 3.63) is 59.5 Å². The number of sulfonamides is 1. The molecule has 1 amide bonds. The lowest BCUT2D eigenvalue weighted by Crippen LogP contribution is -2.22. The van der Waals surface area contributed by atoms with E-state index in [9.17, 15) is 13.2 Å². The molecule has 152 valence electrons. The highest BCUT2D eigenvalue weighted by Gasteiger charge is 2.17. The highest BCUT2D eigenvalue weighted by molar-refractivity contribution is 8.00. The predicted molar refractivity (Wildman–Crippen MR) is 119 cm³/mol. The number of aromatic nitrogens is 1. The molecule has 0 saturated heterocycles. The molecular formula is C20H21N3O3S3. The molecule has 0 aliphatic heterocycles. The van der Waals surface area contributed by atoms with Crippen LogP contribution in [-0.2, 0) is 14.8 Å². The molecular weight excluding hydrogens is 426 g/mol. The number of thiazole rings is 1. The normalized spacial score (nSPS) is 11.6. The number of thioether (sulfide) groups is 1. The summed E-state index contributed by atoms with van der Waals surface area (Å²) in [7, 11) is -0.470. The first kappa shape index (κ1) is 21.5. The molecule has 0 radical (unpaired) electrons. The van der Waals surface area contributed by atoms with Crippen molar-refractivity contribution in [2.75, 3.05) is 25.2 Å². The van der Waals surface area contributed by atoms with E-state index in [1.165, 1.54) is 47.1 Å². The number of nitrogens with one attached hydrogen (secondary N) is 1. The maximum atomic E-state index is 12.2. The Kier molecular flexibility index (Phi) is 6.74. The van der Waals surface area contributed by atoms with Crippen LogP contribution < -0.4 is 5.32 Å². The van der Waals surface area contributed by atoms with E-state index >= 15 is 0 Å². The van der Waals surface area contributed by atoms with E-state index in [1.54, 1.807) is 24.3 Å². The van der Waals surface area contributed by atoms with Gasteiger partial charge >= 0.3 is 0 Å². The Morgan fingerprint density at radius 3 is 2.38 bits per heavy atom. The van der Waals surface area contributed by atoms with Gasteiger partial charge in [0.1, 0.15) is 0 Å². The van der Waals surface area contributed by atoms with Crippen molar-refractivity contribution in [3.63, 3.8) is 0 Å². The first-order chi connectivity index (χ1) is 13.8. The summed E-state index contributed by atoms with van der Waals surface area (Å²) in [6.45, 7) is 2.02. The van der Waals surface area contributed by atoms with Gasteiger partial charge in [0.15, 0.2) is 5.13 Å². The van der Waals surface area contributed by atoms with Crippen LogP contribution in [0.5, 0.6) is 0 Å². The fourth-order valence-electron chi connectivity index (χ4n) is 2.41. The number of benzene rings is 2. The number of rotatable bonds is 7. The van der Waals surface area contributed by atoms with Crippen molar-refractivity contribution >= 4 is 44.2 Å². The standard InChI is InChI=1S/C20H21N3O3S3/c1-14-4-8-16(9-5-14)27-13-19(24)22-20-21-18(12-28-20)15-6-10-17(11-7-15)29(25,26)23(2)3/h4-12H,13H2,1-3H3,(H,21,22,24). The lowest BCUT2D eigenvalue weighted by atomic mass is 10.2. The van der Waals surface area contributed by atoms with Crippen molar-refractivity contribution in [1.29, 1.82) is 0 Å². The van der Waals surface area contributed by atoms with Crippen molar-refractivity contribution in [3.8, 4) is 11.3 Å². The maximum absolute atomic E-state index is 12.2. The molecule has 1 heterocycles. The molecule has 3 aromatic rings. The second kappa shape index (κ2) is 9.08. The molecule has 0 atom stereocenters. The van der Waals surface area contributed by atoms with Gasteiger partial charge in [-0.15, -0.1) is 23.1 Å². The molecule has 2 aromatic carbocycles. The van der Waals surface area contributed by atoms with E-state index in [2.05, 4.69) is 10.3 Å². The van der Waals surface area contributed by atoms with Crippen LogP contribution in [0.4, 0.5) is 5.13 Å². The summed E-state index contributed by atoms with van der Waals surface area (Å²) >= 11 is 2.80. The average molecular weight is 448 g/mol. The van der Waals surface area contributed by atoms with Crippen LogP contribution in [0.2, 0.25) is 0 Å². The van der Waals surface area contributed by atoms with Crippen molar-refractivity contribution < 1.29 is 13.2 Å². The molecule has 0 spiro atoms. The molecule has 9 heteroatoms. The Hall–Kier alpha value is -2.20. The Morgan fingerprint density at radius 2 is 1.76 bits per heavy atom. The number of carbonyl (C=O) groups excluding carboxylic acids is 1. The van der Waals surface area contributed by atoms with Crippen molar-refractivity contribution in [2.24, 2.45) is 0 Å². The summed E-state index contributed by atoms with van der Waals surface area (Å²) in [6.07, 6.45) is 0. The van der Waals surface area contributed by atoms with Crippen LogP contribution >= 0.6 is 23.1 Å². The number of aryl methyl sites for hydroxylation is 1. The molecule has 29 heavy (non-hydrogen) atoms. The number of hydrogen-bond acceptors (Lipinski definition) is 6. The molecule has 0 aliphatic carbocycles. The average Bonchev–Trinajstić information content (AvgIpc) is 3.16. The van der Waals surface area contributed by atoms with Gasteiger partial charge in [-0.25, -0.2) is 17.7 Å². The Labute approximate surface area is 179 Å². The van der Waals surface area contributed by atoms with E-state index < -0.39 is 10.0 Å². The summed E-state index contributed by atoms with van der Waals surface area (Å²) in [5.41, 5.74) is 2.65. The minimum atomic E-state index is -3.46. The van der Waals surface area contributed by atoms with Crippen LogP contribution in [-0.4, -0.2) is 43.5 Å². The highest BCUT2D eigenvalue weighted by Crippen LogP contribution is 2.27. The zero-order valence-corrected chi connectivity index (χ0v) is 18.7. The quantitative estimate of drug-likeness (QED) is 0.552. The number of carbonyl (C=O) groups is 1. The van der Waals surface area contributed by atoms with Gasteiger partial charge in [-0.1, -0.05) is 29.8 Å². The predicted octanol–water partition coefficient (Wildman–Crippen LogP) is 4.10. The van der Waals surface area contributed by atoms with Gasteiger partial charge in [-0.3, -0.25) is 4.79 Å². The van der Waals surface area contributed by atoms with E-state index in [0.717, 1.165) is 10.5 Å². The molecule has 1 aromatic heterocycles. The first-order valence-corrected chi connectivity index (χ1v) is 12.0. The zero-order chi connectivity index (χ0) is 21.0. The molecule has 0 saturated carbocycles. The van der Waals surface area contributed by atoms with Gasteiger partial charge in [0, 0.05) is 29.9 Å². The molecule has 6 nitrogen and oxygen atoms in total. The highest BCUT2D eigenvalue weighted by atomic mass is 32.2. The second-order valence-corrected chi connectivity index (χ2v) is 10.6. The van der Waals surface area contributed by atoms with Crippen LogP contribution in [0.1, 0.15) is 5.56 Å². The van der Waals surface area contributed by atoms with Crippen LogP contribution in [0, 0.1) is 6.92 Å². The van der Waals surface area contributed by atoms with E-state index in [0.29, 0.717) is 16.6 Å². The van der Waals surface area contributed by atoms with Crippen LogP contribution in [0.3, 0.4) is 0 Å². The third kappa shape index (κ3) is 5.45. The van der Waals surface area contributed by atoms with Gasteiger partial charge in [0.05, 0.1) is 16.3 Å². The number of anilines is 1. The number of hydrogen-bond donors (Lipinski definition) is 1. The smallest absolute Gasteiger partial charge is 0.242 e. The second-order valence-electron chi connectivity index (χ2n) is 6.50. The number of nitrogens with zero attached hydrogens (tertiary/aromatic N) is 2. The molecule has 0 bridgehead atoms. The van der Waals surface area contributed by atoms with Crippen molar-refractivity contribution in [1.82, 2.24) is 9.29 Å². The lowest BCUT2D eigenvalue weighted by molar-refractivity contribution is -0.113. The molecule has 0 aliphatic rings. The fourth-order valence-corrected chi connectivity index (χ4v) is 4.75. The fraction of sp³-hybridized carbons (Fsp3) is 0.200. The van der Waals surface area contributed by atoms with Crippen molar-refractivity contribution in [2.45, 2.75) is 16.7 Å². The van der Waals surface area contributed by atoms with Gasteiger partial charge in [0.25, 0.3) is 0 Å². The lowest BCUT2D eigenvalue weighted by Gasteiger charge is -2.11. The molecule has 0 fully saturated rings. The van der Waals surface area contributed by atoms with Gasteiger partial charge in [0.2, 0.25) is 15.9 Å². The summed E-state index contributed by atoms with van der Waals surface area (Å²) in [5, 5.41) is 5.15. The summed E-state index contributed by atoms with van der Waals surface area (Å²) < 4.78 is 25.5. The van der Waals surface area contributed by atoms with Gasteiger partial charge in [-0.2, -0.15) is 0 Å². The topological polar surface area (TPSA) is 79.4 Å². The first-order valence-electron chi connectivity index (χ1n) is 8.73. The van der Waals surface area contributed by atoms with Crippen LogP contribution in [0.25, 0.3) is 11.3 Å². The van der Waals surface area contributed by atoms with E-state index in [1.807, 2.05) is 36.6 Å². The minimum Gasteiger partial charge on any atom is -0.301 e. The largest absolute Gasteiger partial charge is 0.301 e. The molecule has 1 N–H and O–H groups in total. The van der Waals surface area contributed by atoms with Crippen LogP contribution in [0.15, 0.2) is 63.7 Å². The Balaban J connectivity index is 1.61. The third-order valence-electron chi connectivity index (χ3n) is 4.07. The van der Waals surface area contributed by atoms with E-state index in [-0.39, 0.29) is 10.8 Å². The SMILES string of the molecule is Cc1ccc(SCC(=O)Nc2nc(-c3ccc(S(=O)(=O)N(C)C)cc3)cs2)cc1. The summed E-state index contributed by atoms with van der Waals surface area (Å²) in [5.74, 6) is 0.179. The summed E-state index contributed by atoms with van der Waals surface area (Å²) in [4.78, 5) is 17.9. The molecule has 3 rings (SSSR count). The minimum absolute atomic E-state index is 0.121. The Bertz CT molecular complexity index is 1090. The monoisotopic (exact) mass is 447 g/mol. The number of amides is 1. The maximum Gasteiger partial charge on any atom is 0.242 e. The van der Waals surface area contributed by atoms with Gasteiger partial charge in [-0.05, 0) is 31.2 Å². The van der Waals surface area contributed by atoms with E-state index in [4.69, 9.17) is 0 Å². The Morgan fingerprint density at radius 1 is 1.10 bits per heavy atom. The summed E-state index contributed by atoms with van der Waals surface area (Å²) in [6, 6.07) is 14.6. The van der Waals surface area contributed by atoms with Gasteiger partial charge < -0.3 is 5.32 Å².